The predicted molar refractivity (Wildman–Crippen MR) is 102 cm³/mol. The quantitative estimate of drug-likeness (QED) is 0.726. The Morgan fingerprint density at radius 3 is 2.52 bits per heavy atom. The Kier molecular flexibility index (Phi) is 5.92. The van der Waals surface area contributed by atoms with Gasteiger partial charge in [0.25, 0.3) is 5.91 Å². The summed E-state index contributed by atoms with van der Waals surface area (Å²) in [5.41, 5.74) is 0.0513. The van der Waals surface area contributed by atoms with Gasteiger partial charge in [-0.2, -0.15) is 4.31 Å². The number of amides is 1. The minimum atomic E-state index is -3.78. The summed E-state index contributed by atoms with van der Waals surface area (Å²) in [6.07, 6.45) is 0. The number of ether oxygens (including phenoxy) is 1. The van der Waals surface area contributed by atoms with Gasteiger partial charge in [0.1, 0.15) is 5.75 Å². The number of rotatable bonds is 4. The fourth-order valence-corrected chi connectivity index (χ4v) is 4.38. The molecule has 1 aliphatic rings. The molecular weight excluding hydrogens is 415 g/mol. The van der Waals surface area contributed by atoms with E-state index in [1.165, 1.54) is 40.7 Å². The zero-order chi connectivity index (χ0) is 19.6. The molecule has 0 saturated carbocycles. The first-order valence-corrected chi connectivity index (χ1v) is 10.2. The molecule has 0 aliphatic carbocycles. The van der Waals surface area contributed by atoms with Crippen LogP contribution < -0.4 is 5.32 Å². The van der Waals surface area contributed by atoms with Gasteiger partial charge in [-0.25, -0.2) is 8.42 Å². The number of sulfonamides is 1. The van der Waals surface area contributed by atoms with Crippen LogP contribution in [-0.4, -0.2) is 50.0 Å². The highest BCUT2D eigenvalue weighted by Gasteiger charge is 2.27. The molecular formula is C17H16Cl2N2O5S. The highest BCUT2D eigenvalue weighted by Crippen LogP contribution is 2.29. The third kappa shape index (κ3) is 4.36. The summed E-state index contributed by atoms with van der Waals surface area (Å²) in [5, 5.41) is 12.7. The molecule has 1 fully saturated rings. The summed E-state index contributed by atoms with van der Waals surface area (Å²) < 4.78 is 32.0. The smallest absolute Gasteiger partial charge is 0.257 e. The van der Waals surface area contributed by atoms with Crippen LogP contribution in [0, 0.1) is 0 Å². The van der Waals surface area contributed by atoms with E-state index in [2.05, 4.69) is 5.32 Å². The van der Waals surface area contributed by atoms with Crippen molar-refractivity contribution in [3.63, 3.8) is 0 Å². The van der Waals surface area contributed by atoms with E-state index in [1.807, 2.05) is 0 Å². The maximum absolute atomic E-state index is 12.8. The van der Waals surface area contributed by atoms with Crippen molar-refractivity contribution < 1.29 is 23.1 Å². The van der Waals surface area contributed by atoms with Gasteiger partial charge in [0.2, 0.25) is 10.0 Å². The fourth-order valence-electron chi connectivity index (χ4n) is 2.57. The molecule has 1 heterocycles. The van der Waals surface area contributed by atoms with Gasteiger partial charge < -0.3 is 15.2 Å². The van der Waals surface area contributed by atoms with Gasteiger partial charge in [-0.15, -0.1) is 0 Å². The van der Waals surface area contributed by atoms with Crippen LogP contribution in [0.2, 0.25) is 10.0 Å². The van der Waals surface area contributed by atoms with Crippen LogP contribution in [0.15, 0.2) is 41.3 Å². The lowest BCUT2D eigenvalue weighted by molar-refractivity contribution is 0.0730. The molecule has 0 spiro atoms. The number of nitrogens with zero attached hydrogens (tertiary/aromatic N) is 1. The van der Waals surface area contributed by atoms with Crippen LogP contribution >= 0.6 is 23.2 Å². The van der Waals surface area contributed by atoms with Crippen LogP contribution in [0.3, 0.4) is 0 Å². The van der Waals surface area contributed by atoms with E-state index in [4.69, 9.17) is 27.9 Å². The van der Waals surface area contributed by atoms with Crippen molar-refractivity contribution in [3.8, 4) is 5.75 Å². The summed E-state index contributed by atoms with van der Waals surface area (Å²) >= 11 is 12.0. The second-order valence-corrected chi connectivity index (χ2v) is 8.56. The molecule has 2 aromatic rings. The Hall–Kier alpha value is -1.84. The van der Waals surface area contributed by atoms with Gasteiger partial charge in [-0.05, 0) is 36.4 Å². The monoisotopic (exact) mass is 430 g/mol. The van der Waals surface area contributed by atoms with Crippen LogP contribution in [0.1, 0.15) is 10.4 Å². The largest absolute Gasteiger partial charge is 0.506 e. The molecule has 0 aromatic heterocycles. The van der Waals surface area contributed by atoms with E-state index in [0.717, 1.165) is 0 Å². The van der Waals surface area contributed by atoms with Crippen molar-refractivity contribution in [2.45, 2.75) is 4.90 Å². The zero-order valence-electron chi connectivity index (χ0n) is 14.0. The second-order valence-electron chi connectivity index (χ2n) is 5.77. The number of morpholine rings is 1. The molecule has 3 rings (SSSR count). The summed E-state index contributed by atoms with van der Waals surface area (Å²) in [6, 6.07) is 8.08. The highest BCUT2D eigenvalue weighted by atomic mass is 35.5. The number of aromatic hydroxyl groups is 1. The van der Waals surface area contributed by atoms with Crippen molar-refractivity contribution in [3.05, 3.63) is 52.0 Å². The van der Waals surface area contributed by atoms with Crippen molar-refractivity contribution >= 4 is 44.8 Å². The lowest BCUT2D eigenvalue weighted by Crippen LogP contribution is -2.40. The maximum atomic E-state index is 12.8. The Morgan fingerprint density at radius 1 is 1.11 bits per heavy atom. The van der Waals surface area contributed by atoms with Gasteiger partial charge in [0.05, 0.1) is 34.4 Å². The molecule has 0 atom stereocenters. The summed E-state index contributed by atoms with van der Waals surface area (Å²) in [4.78, 5) is 12.5. The average molecular weight is 431 g/mol. The molecule has 10 heteroatoms. The number of halogens is 2. The number of nitrogens with one attached hydrogen (secondary N) is 1. The van der Waals surface area contributed by atoms with Crippen molar-refractivity contribution in [1.82, 2.24) is 4.31 Å². The van der Waals surface area contributed by atoms with Crippen LogP contribution in [0.25, 0.3) is 0 Å². The molecule has 7 nitrogen and oxygen atoms in total. The number of hydrogen-bond donors (Lipinski definition) is 2. The van der Waals surface area contributed by atoms with E-state index in [0.29, 0.717) is 18.2 Å². The molecule has 1 aliphatic heterocycles. The first kappa shape index (κ1) is 19.9. The third-order valence-electron chi connectivity index (χ3n) is 4.00. The number of hydrogen-bond acceptors (Lipinski definition) is 5. The number of carbonyl (C=O) groups excluding carboxylic acids is 1. The van der Waals surface area contributed by atoms with Gasteiger partial charge in [-0.1, -0.05) is 23.2 Å². The summed E-state index contributed by atoms with van der Waals surface area (Å²) in [5.74, 6) is -0.849. The average Bonchev–Trinajstić information content (AvgIpc) is 2.65. The van der Waals surface area contributed by atoms with Gasteiger partial charge in [-0.3, -0.25) is 4.79 Å². The highest BCUT2D eigenvalue weighted by molar-refractivity contribution is 7.89. The Morgan fingerprint density at radius 2 is 1.81 bits per heavy atom. The minimum Gasteiger partial charge on any atom is -0.506 e. The molecule has 0 radical (unpaired) electrons. The maximum Gasteiger partial charge on any atom is 0.257 e. The SMILES string of the molecule is O=C(Nc1cc(Cl)ccc1O)c1cc(S(=O)(=O)N2CCOCC2)ccc1Cl. The van der Waals surface area contributed by atoms with E-state index < -0.39 is 15.9 Å². The molecule has 1 amide bonds. The number of benzene rings is 2. The second kappa shape index (κ2) is 8.04. The molecule has 0 bridgehead atoms. The first-order chi connectivity index (χ1) is 12.8. The third-order valence-corrected chi connectivity index (χ3v) is 6.46. The van der Waals surface area contributed by atoms with Crippen molar-refractivity contribution in [2.75, 3.05) is 31.6 Å². The van der Waals surface area contributed by atoms with Crippen molar-refractivity contribution in [2.24, 2.45) is 0 Å². The van der Waals surface area contributed by atoms with Crippen LogP contribution in [0.5, 0.6) is 5.75 Å². The Balaban J connectivity index is 1.91. The first-order valence-electron chi connectivity index (χ1n) is 7.96. The Bertz CT molecular complexity index is 975. The number of phenolic OH excluding ortho intramolecular Hbond substituents is 1. The molecule has 1 saturated heterocycles. The van der Waals surface area contributed by atoms with Crippen molar-refractivity contribution in [1.29, 1.82) is 0 Å². The number of phenols is 1. The normalized spacial score (nSPS) is 15.5. The summed E-state index contributed by atoms with van der Waals surface area (Å²) in [7, 11) is -3.78. The minimum absolute atomic E-state index is 0.0367. The summed E-state index contributed by atoms with van der Waals surface area (Å²) in [6.45, 7) is 1.11. The standard InChI is InChI=1S/C17H16Cl2N2O5S/c18-11-1-4-16(22)15(9-11)20-17(23)13-10-12(2-3-14(13)19)27(24,25)21-5-7-26-8-6-21/h1-4,9-10,22H,5-8H2,(H,20,23). The Labute approximate surface area is 166 Å². The molecule has 2 aromatic carbocycles. The zero-order valence-corrected chi connectivity index (χ0v) is 16.3. The molecule has 144 valence electrons. The predicted octanol–water partition coefficient (Wildman–Crippen LogP) is 2.97. The van der Waals surface area contributed by atoms with Gasteiger partial charge in [0.15, 0.2) is 0 Å². The van der Waals surface area contributed by atoms with Crippen LogP contribution in [-0.2, 0) is 14.8 Å². The van der Waals surface area contributed by atoms with Crippen LogP contribution in [0.4, 0.5) is 5.69 Å². The van der Waals surface area contributed by atoms with E-state index in [1.54, 1.807) is 0 Å². The number of carbonyl (C=O) groups is 1. The van der Waals surface area contributed by atoms with Gasteiger partial charge >= 0.3 is 0 Å². The van der Waals surface area contributed by atoms with E-state index >= 15 is 0 Å². The topological polar surface area (TPSA) is 95.9 Å². The lowest BCUT2D eigenvalue weighted by Gasteiger charge is -2.26. The van der Waals surface area contributed by atoms with E-state index in [-0.39, 0.29) is 40.0 Å². The molecule has 0 unspecified atom stereocenters. The molecule has 2 N–H and O–H groups in total. The van der Waals surface area contributed by atoms with Gasteiger partial charge in [0, 0.05) is 18.1 Å². The fraction of sp³-hybridized carbons (Fsp3) is 0.235. The molecule has 27 heavy (non-hydrogen) atoms. The number of anilines is 1. The lowest BCUT2D eigenvalue weighted by atomic mass is 10.2. The van der Waals surface area contributed by atoms with E-state index in [9.17, 15) is 18.3 Å².